The minimum atomic E-state index is -1.37. The number of carbonyl (C=O) groups excluding carboxylic acids is 3. The van der Waals surface area contributed by atoms with Gasteiger partial charge in [0.2, 0.25) is 11.8 Å². The summed E-state index contributed by atoms with van der Waals surface area (Å²) in [6.07, 6.45) is -0.939. The Kier molecular flexibility index (Phi) is 10.8. The van der Waals surface area contributed by atoms with Crippen molar-refractivity contribution in [3.63, 3.8) is 0 Å². The number of hydrogen-bond donors (Lipinski definition) is 3. The van der Waals surface area contributed by atoms with E-state index < -0.39 is 17.4 Å². The summed E-state index contributed by atoms with van der Waals surface area (Å²) in [4.78, 5) is 37.1. The molecule has 0 fully saturated rings. The van der Waals surface area contributed by atoms with E-state index in [1.807, 2.05) is 0 Å². The molecule has 1 unspecified atom stereocenters. The van der Waals surface area contributed by atoms with Crippen LogP contribution in [-0.4, -0.2) is 77.5 Å². The van der Waals surface area contributed by atoms with Crippen molar-refractivity contribution >= 4 is 29.2 Å². The molecule has 1 rings (SSSR count). The number of hydrogen-bond acceptors (Lipinski definition) is 6. The quantitative estimate of drug-likeness (QED) is 0.312. The molecule has 3 N–H and O–H groups in total. The number of halogens is 1. The van der Waals surface area contributed by atoms with Crippen LogP contribution in [0.4, 0.5) is 0 Å². The molecule has 30 heavy (non-hydrogen) atoms. The van der Waals surface area contributed by atoms with Gasteiger partial charge in [-0.05, 0) is 24.3 Å². The van der Waals surface area contributed by atoms with Gasteiger partial charge in [0.25, 0.3) is 0 Å². The summed E-state index contributed by atoms with van der Waals surface area (Å²) in [5, 5.41) is 21.8. The molecule has 0 aliphatic rings. The van der Waals surface area contributed by atoms with E-state index in [0.29, 0.717) is 17.7 Å². The number of benzene rings is 1. The number of ketones is 1. The Hall–Kier alpha value is -2.16. The van der Waals surface area contributed by atoms with Crippen LogP contribution in [0, 0.1) is 5.41 Å². The fourth-order valence-corrected chi connectivity index (χ4v) is 2.68. The van der Waals surface area contributed by atoms with Crippen molar-refractivity contribution in [2.45, 2.75) is 33.3 Å². The summed E-state index contributed by atoms with van der Waals surface area (Å²) in [6.45, 7) is 5.37. The van der Waals surface area contributed by atoms with E-state index in [4.69, 9.17) is 16.3 Å². The highest BCUT2D eigenvalue weighted by Gasteiger charge is 2.32. The lowest BCUT2D eigenvalue weighted by atomic mass is 9.87. The predicted octanol–water partition coefficient (Wildman–Crippen LogP) is 1.22. The van der Waals surface area contributed by atoms with E-state index in [1.54, 1.807) is 45.0 Å². The lowest BCUT2D eigenvalue weighted by Crippen LogP contribution is -2.48. The topological polar surface area (TPSA) is 116 Å². The summed E-state index contributed by atoms with van der Waals surface area (Å²) < 4.78 is 5.62. The molecule has 0 saturated carbocycles. The molecule has 2 amide bonds. The molecule has 1 aromatic carbocycles. The summed E-state index contributed by atoms with van der Waals surface area (Å²) in [6, 6.07) is 6.78. The lowest BCUT2D eigenvalue weighted by molar-refractivity contribution is -0.137. The maximum Gasteiger partial charge on any atom is 0.249 e. The first kappa shape index (κ1) is 25.9. The molecule has 0 aliphatic heterocycles. The zero-order valence-corrected chi connectivity index (χ0v) is 18.4. The van der Waals surface area contributed by atoms with Gasteiger partial charge in [-0.3, -0.25) is 14.4 Å². The van der Waals surface area contributed by atoms with Gasteiger partial charge in [0, 0.05) is 30.5 Å². The average Bonchev–Trinajstić information content (AvgIpc) is 2.76. The molecule has 0 bridgehead atoms. The highest BCUT2D eigenvalue weighted by atomic mass is 35.5. The van der Waals surface area contributed by atoms with Crippen LogP contribution in [0.3, 0.4) is 0 Å². The zero-order valence-electron chi connectivity index (χ0n) is 17.7. The molecule has 0 aromatic heterocycles. The summed E-state index contributed by atoms with van der Waals surface area (Å²) in [5.41, 5.74) is -0.355. The Morgan fingerprint density at radius 3 is 2.37 bits per heavy atom. The molecule has 0 saturated heterocycles. The number of nitrogens with zero attached hydrogens (tertiary/aromatic N) is 1. The van der Waals surface area contributed by atoms with E-state index in [9.17, 15) is 24.6 Å². The van der Waals surface area contributed by atoms with Gasteiger partial charge in [-0.1, -0.05) is 20.8 Å². The average molecular weight is 443 g/mol. The van der Waals surface area contributed by atoms with E-state index >= 15 is 0 Å². The van der Waals surface area contributed by atoms with Crippen molar-refractivity contribution in [3.05, 3.63) is 29.8 Å². The number of amides is 2. The van der Waals surface area contributed by atoms with Crippen molar-refractivity contribution in [2.24, 2.45) is 5.41 Å². The van der Waals surface area contributed by atoms with Crippen molar-refractivity contribution in [2.75, 3.05) is 38.7 Å². The zero-order chi connectivity index (χ0) is 22.7. The normalized spacial score (nSPS) is 12.2. The number of aliphatic hydroxyl groups is 2. The molecule has 1 aromatic rings. The predicted molar refractivity (Wildman–Crippen MR) is 114 cm³/mol. The third-order valence-electron chi connectivity index (χ3n) is 4.67. The van der Waals surface area contributed by atoms with Crippen molar-refractivity contribution in [3.8, 4) is 5.75 Å². The van der Waals surface area contributed by atoms with Gasteiger partial charge in [0.1, 0.15) is 24.3 Å². The lowest BCUT2D eigenvalue weighted by Gasteiger charge is -2.28. The molecule has 0 radical (unpaired) electrons. The second-order valence-corrected chi connectivity index (χ2v) is 7.77. The SMILES string of the molecule is CCC(=O)c1ccc(OCCN(CCNC(=O)C(O)C(C)(C)CO)C(=O)CCl)cc1. The molecule has 168 valence electrons. The second kappa shape index (κ2) is 12.5. The molecular formula is C21H31ClN2O6. The molecule has 9 heteroatoms. The van der Waals surface area contributed by atoms with Crippen LogP contribution >= 0.6 is 11.6 Å². The van der Waals surface area contributed by atoms with E-state index in [0.717, 1.165) is 0 Å². The Labute approximate surface area is 182 Å². The molecule has 8 nitrogen and oxygen atoms in total. The molecule has 0 spiro atoms. The smallest absolute Gasteiger partial charge is 0.249 e. The van der Waals surface area contributed by atoms with Gasteiger partial charge in [-0.2, -0.15) is 0 Å². The van der Waals surface area contributed by atoms with Crippen molar-refractivity contribution in [1.29, 1.82) is 0 Å². The number of carbonyl (C=O) groups is 3. The van der Waals surface area contributed by atoms with Gasteiger partial charge < -0.3 is 25.2 Å². The second-order valence-electron chi connectivity index (χ2n) is 7.50. The molecule has 0 heterocycles. The molecular weight excluding hydrogens is 412 g/mol. The van der Waals surface area contributed by atoms with Gasteiger partial charge in [-0.25, -0.2) is 0 Å². The minimum Gasteiger partial charge on any atom is -0.492 e. The minimum absolute atomic E-state index is 0.0509. The van der Waals surface area contributed by atoms with E-state index in [2.05, 4.69) is 5.32 Å². The number of ether oxygens (including phenoxy) is 1. The highest BCUT2D eigenvalue weighted by molar-refractivity contribution is 6.27. The van der Waals surface area contributed by atoms with Crippen LogP contribution in [0.1, 0.15) is 37.6 Å². The Morgan fingerprint density at radius 1 is 1.20 bits per heavy atom. The Balaban J connectivity index is 2.52. The van der Waals surface area contributed by atoms with Gasteiger partial charge in [0.15, 0.2) is 5.78 Å². The maximum atomic E-state index is 12.0. The number of Topliss-reactive ketones (excluding diaryl/α,β-unsaturated/α-hetero) is 1. The van der Waals surface area contributed by atoms with Crippen LogP contribution in [-0.2, 0) is 9.59 Å². The van der Waals surface area contributed by atoms with Crippen LogP contribution < -0.4 is 10.1 Å². The van der Waals surface area contributed by atoms with Crippen LogP contribution in [0.5, 0.6) is 5.75 Å². The number of aliphatic hydroxyl groups excluding tert-OH is 2. The van der Waals surface area contributed by atoms with Crippen LogP contribution in [0.2, 0.25) is 0 Å². The van der Waals surface area contributed by atoms with E-state index in [1.165, 1.54) is 4.90 Å². The first-order chi connectivity index (χ1) is 14.2. The number of nitrogens with one attached hydrogen (secondary N) is 1. The van der Waals surface area contributed by atoms with Gasteiger partial charge in [0.05, 0.1) is 13.2 Å². The summed E-state index contributed by atoms with van der Waals surface area (Å²) >= 11 is 5.65. The van der Waals surface area contributed by atoms with E-state index in [-0.39, 0.29) is 50.4 Å². The van der Waals surface area contributed by atoms with Crippen molar-refractivity contribution < 1.29 is 29.3 Å². The van der Waals surface area contributed by atoms with Gasteiger partial charge >= 0.3 is 0 Å². The third kappa shape index (κ3) is 7.93. The van der Waals surface area contributed by atoms with Gasteiger partial charge in [-0.15, -0.1) is 11.6 Å². The highest BCUT2D eigenvalue weighted by Crippen LogP contribution is 2.19. The van der Waals surface area contributed by atoms with Crippen LogP contribution in [0.25, 0.3) is 0 Å². The molecule has 0 aliphatic carbocycles. The fraction of sp³-hybridized carbons (Fsp3) is 0.571. The first-order valence-corrected chi connectivity index (χ1v) is 10.4. The van der Waals surface area contributed by atoms with Crippen LogP contribution in [0.15, 0.2) is 24.3 Å². The third-order valence-corrected chi connectivity index (χ3v) is 4.90. The largest absolute Gasteiger partial charge is 0.492 e. The number of alkyl halides is 1. The number of rotatable bonds is 13. The first-order valence-electron chi connectivity index (χ1n) is 9.82. The summed E-state index contributed by atoms with van der Waals surface area (Å²) in [5.74, 6) is -0.513. The fourth-order valence-electron chi connectivity index (χ4n) is 2.51. The molecule has 1 atom stereocenters. The summed E-state index contributed by atoms with van der Waals surface area (Å²) in [7, 11) is 0. The Morgan fingerprint density at radius 2 is 1.83 bits per heavy atom. The van der Waals surface area contributed by atoms with Crippen molar-refractivity contribution in [1.82, 2.24) is 10.2 Å². The Bertz CT molecular complexity index is 708. The standard InChI is InChI=1S/C21H31ClN2O6/c1-4-17(26)15-5-7-16(8-6-15)30-12-11-24(18(27)13-22)10-9-23-20(29)19(28)21(2,3)14-25/h5-8,19,25,28H,4,9-14H2,1-3H3,(H,23,29). The maximum absolute atomic E-state index is 12.0. The monoisotopic (exact) mass is 442 g/mol.